The molecule has 0 bridgehead atoms. The molecule has 2 aromatic carbocycles. The minimum Gasteiger partial charge on any atom is -0.490 e. The van der Waals surface area contributed by atoms with Crippen LogP contribution in [-0.4, -0.2) is 19.8 Å². The average molecular weight is 416 g/mol. The zero-order valence-electron chi connectivity index (χ0n) is 17.0. The molecule has 0 saturated heterocycles. The third kappa shape index (κ3) is 5.31. The van der Waals surface area contributed by atoms with Crippen LogP contribution in [0.25, 0.3) is 11.0 Å². The summed E-state index contributed by atoms with van der Waals surface area (Å²) in [4.78, 5) is 11.9. The number of ether oxygens (including phenoxy) is 2. The van der Waals surface area contributed by atoms with Crippen LogP contribution in [0.5, 0.6) is 11.5 Å². The maximum atomic E-state index is 11.9. The normalized spacial score (nSPS) is 11.0. The van der Waals surface area contributed by atoms with Gasteiger partial charge in [-0.15, -0.1) is 0 Å². The van der Waals surface area contributed by atoms with Gasteiger partial charge in [-0.25, -0.2) is 4.79 Å². The number of rotatable bonds is 9. The number of fused-ring (bicyclic) bond motifs is 1. The van der Waals surface area contributed by atoms with Crippen LogP contribution in [0.4, 0.5) is 0 Å². The van der Waals surface area contributed by atoms with E-state index in [9.17, 15) is 4.79 Å². The Morgan fingerprint density at radius 1 is 1.03 bits per heavy atom. The fraction of sp³-hybridized carbons (Fsp3) is 0.348. The Bertz CT molecular complexity index is 1040. The van der Waals surface area contributed by atoms with Gasteiger partial charge in [-0.3, -0.25) is 0 Å². The summed E-state index contributed by atoms with van der Waals surface area (Å²) in [5.41, 5.74) is 3.11. The van der Waals surface area contributed by atoms with Crippen molar-refractivity contribution in [2.45, 2.75) is 33.7 Å². The van der Waals surface area contributed by atoms with Crippen molar-refractivity contribution < 1.29 is 13.9 Å². The fourth-order valence-corrected chi connectivity index (χ4v) is 3.36. The van der Waals surface area contributed by atoms with Crippen LogP contribution in [0.2, 0.25) is 5.02 Å². The molecule has 1 N–H and O–H groups in total. The molecule has 0 aliphatic heterocycles. The Morgan fingerprint density at radius 3 is 2.55 bits per heavy atom. The van der Waals surface area contributed by atoms with Gasteiger partial charge in [-0.1, -0.05) is 17.7 Å². The van der Waals surface area contributed by atoms with E-state index in [1.807, 2.05) is 45.0 Å². The maximum Gasteiger partial charge on any atom is 0.336 e. The number of halogens is 1. The van der Waals surface area contributed by atoms with Gasteiger partial charge in [0.25, 0.3) is 0 Å². The van der Waals surface area contributed by atoms with Gasteiger partial charge in [-0.2, -0.15) is 0 Å². The summed E-state index contributed by atoms with van der Waals surface area (Å²) in [6, 6.07) is 11.2. The first kappa shape index (κ1) is 21.2. The van der Waals surface area contributed by atoms with Gasteiger partial charge >= 0.3 is 5.63 Å². The van der Waals surface area contributed by atoms with Crippen molar-refractivity contribution in [2.24, 2.45) is 0 Å². The first-order valence-corrected chi connectivity index (χ1v) is 10.2. The number of aryl methyl sites for hydroxylation is 1. The van der Waals surface area contributed by atoms with Crippen molar-refractivity contribution in [1.29, 1.82) is 0 Å². The largest absolute Gasteiger partial charge is 0.490 e. The van der Waals surface area contributed by atoms with Gasteiger partial charge in [0.05, 0.1) is 13.2 Å². The van der Waals surface area contributed by atoms with Crippen LogP contribution in [0.15, 0.2) is 45.6 Å². The molecule has 1 heterocycles. The van der Waals surface area contributed by atoms with Crippen LogP contribution in [-0.2, 0) is 13.0 Å². The molecule has 0 atom stereocenters. The average Bonchev–Trinajstić information content (AvgIpc) is 2.68. The lowest BCUT2D eigenvalue weighted by atomic mass is 10.1. The zero-order valence-corrected chi connectivity index (χ0v) is 17.8. The molecule has 29 heavy (non-hydrogen) atoms. The summed E-state index contributed by atoms with van der Waals surface area (Å²) in [5.74, 6) is 1.53. The summed E-state index contributed by atoms with van der Waals surface area (Å²) in [6.07, 6.45) is 0.825. The van der Waals surface area contributed by atoms with E-state index in [-0.39, 0.29) is 5.63 Å². The highest BCUT2D eigenvalue weighted by Crippen LogP contribution is 2.29. The van der Waals surface area contributed by atoms with E-state index >= 15 is 0 Å². The van der Waals surface area contributed by atoms with Gasteiger partial charge in [0.15, 0.2) is 11.5 Å². The van der Waals surface area contributed by atoms with E-state index in [0.717, 1.165) is 46.5 Å². The van der Waals surface area contributed by atoms with Crippen molar-refractivity contribution in [1.82, 2.24) is 5.32 Å². The third-order valence-electron chi connectivity index (χ3n) is 4.62. The van der Waals surface area contributed by atoms with Crippen LogP contribution >= 0.6 is 11.6 Å². The van der Waals surface area contributed by atoms with E-state index in [1.54, 1.807) is 6.07 Å². The molecule has 1 aromatic heterocycles. The summed E-state index contributed by atoms with van der Waals surface area (Å²) < 4.78 is 16.6. The minimum absolute atomic E-state index is 0.358. The molecule has 0 aliphatic rings. The molecule has 0 spiro atoms. The lowest BCUT2D eigenvalue weighted by Gasteiger charge is -2.13. The molecule has 3 rings (SSSR count). The number of benzene rings is 2. The molecule has 154 valence electrons. The number of nitrogens with one attached hydrogen (secondary N) is 1. The highest BCUT2D eigenvalue weighted by Gasteiger charge is 2.09. The Balaban J connectivity index is 1.67. The first-order valence-electron chi connectivity index (χ1n) is 9.84. The zero-order chi connectivity index (χ0) is 20.8. The highest BCUT2D eigenvalue weighted by molar-refractivity contribution is 6.32. The van der Waals surface area contributed by atoms with E-state index in [2.05, 4.69) is 5.32 Å². The number of hydrogen-bond donors (Lipinski definition) is 1. The molecule has 6 heteroatoms. The smallest absolute Gasteiger partial charge is 0.336 e. The minimum atomic E-state index is -0.358. The Labute approximate surface area is 175 Å². The van der Waals surface area contributed by atoms with Crippen molar-refractivity contribution >= 4 is 22.6 Å². The molecular weight excluding hydrogens is 390 g/mol. The SMILES string of the molecule is CCOc1ccc(CCNCc2cc(=O)oc3cc(C)c(Cl)cc23)cc1OCC. The predicted octanol–water partition coefficient (Wildman–Crippen LogP) is 4.88. The first-order chi connectivity index (χ1) is 14.0. The Morgan fingerprint density at radius 2 is 1.79 bits per heavy atom. The van der Waals surface area contributed by atoms with Crippen molar-refractivity contribution in [2.75, 3.05) is 19.8 Å². The highest BCUT2D eigenvalue weighted by atomic mass is 35.5. The summed E-state index contributed by atoms with van der Waals surface area (Å²) in [7, 11) is 0. The van der Waals surface area contributed by atoms with Crippen LogP contribution in [0.3, 0.4) is 0 Å². The predicted molar refractivity (Wildman–Crippen MR) is 116 cm³/mol. The molecular formula is C23H26ClNO4. The third-order valence-corrected chi connectivity index (χ3v) is 5.03. The van der Waals surface area contributed by atoms with Gasteiger partial charge in [0.2, 0.25) is 0 Å². The standard InChI is InChI=1S/C23H26ClNO4/c1-4-27-20-7-6-16(11-22(20)28-5-2)8-9-25-14-17-12-23(26)29-21-10-15(3)19(24)13-18(17)21/h6-7,10-13,25H,4-5,8-9,14H2,1-3H3. The lowest BCUT2D eigenvalue weighted by molar-refractivity contribution is 0.287. The molecule has 0 fully saturated rings. The van der Waals surface area contributed by atoms with Crippen LogP contribution in [0, 0.1) is 6.92 Å². The molecule has 0 amide bonds. The van der Waals surface area contributed by atoms with E-state index in [0.29, 0.717) is 30.4 Å². The van der Waals surface area contributed by atoms with Crippen molar-refractivity contribution in [3.8, 4) is 11.5 Å². The van der Waals surface area contributed by atoms with Crippen molar-refractivity contribution in [3.05, 3.63) is 68.5 Å². The van der Waals surface area contributed by atoms with Crippen molar-refractivity contribution in [3.63, 3.8) is 0 Å². The molecule has 0 aliphatic carbocycles. The second-order valence-corrected chi connectivity index (χ2v) is 7.17. The molecule has 0 saturated carbocycles. The summed E-state index contributed by atoms with van der Waals surface area (Å²) >= 11 is 6.25. The van der Waals surface area contributed by atoms with Gasteiger partial charge in [0.1, 0.15) is 5.58 Å². The Kier molecular flexibility index (Phi) is 7.18. The van der Waals surface area contributed by atoms with Gasteiger partial charge in [-0.05, 0) is 74.7 Å². The van der Waals surface area contributed by atoms with Crippen LogP contribution < -0.4 is 20.4 Å². The molecule has 0 radical (unpaired) electrons. The van der Waals surface area contributed by atoms with Gasteiger partial charge in [0, 0.05) is 23.0 Å². The van der Waals surface area contributed by atoms with E-state index in [4.69, 9.17) is 25.5 Å². The van der Waals surface area contributed by atoms with E-state index < -0.39 is 0 Å². The quantitative estimate of drug-likeness (QED) is 0.398. The number of hydrogen-bond acceptors (Lipinski definition) is 5. The molecule has 5 nitrogen and oxygen atoms in total. The maximum absolute atomic E-state index is 11.9. The fourth-order valence-electron chi connectivity index (χ4n) is 3.20. The topological polar surface area (TPSA) is 60.7 Å². The second-order valence-electron chi connectivity index (χ2n) is 6.76. The Hall–Kier alpha value is -2.50. The van der Waals surface area contributed by atoms with Crippen LogP contribution in [0.1, 0.15) is 30.5 Å². The lowest BCUT2D eigenvalue weighted by Crippen LogP contribution is -2.18. The summed E-state index contributed by atoms with van der Waals surface area (Å²) in [5, 5.41) is 4.91. The second kappa shape index (κ2) is 9.81. The monoisotopic (exact) mass is 415 g/mol. The van der Waals surface area contributed by atoms with Gasteiger partial charge < -0.3 is 19.2 Å². The molecule has 3 aromatic rings. The molecule has 0 unspecified atom stereocenters. The summed E-state index contributed by atoms with van der Waals surface area (Å²) in [6.45, 7) is 8.29. The van der Waals surface area contributed by atoms with E-state index in [1.165, 1.54) is 6.07 Å².